The molecule has 10 rings (SSSR count). The second-order valence-corrected chi connectivity index (χ2v) is 41.2. The SMILES string of the molecule is CCC1=Cc2c(-c3cc(-c4ccccc4)cc(-c4ccccc4)c3)ccc(C)c2[CH]1[Zr]([Cl])([Cl])([CH2]C)[CH]1C(CC)=Cc2c(-c3cc(-c4ccccc4)cc(-c4ccccc4)c3)ccc(C)c21. The van der Waals surface area contributed by atoms with Crippen LogP contribution in [-0.4, -0.2) is 0 Å². The number of benzene rings is 8. The van der Waals surface area contributed by atoms with Gasteiger partial charge in [0.15, 0.2) is 0 Å². The molecule has 8 aromatic rings. The van der Waals surface area contributed by atoms with Crippen LogP contribution in [0.4, 0.5) is 0 Å². The van der Waals surface area contributed by atoms with Crippen LogP contribution >= 0.6 is 17.0 Å². The van der Waals surface area contributed by atoms with E-state index in [1.807, 2.05) is 0 Å². The summed E-state index contributed by atoms with van der Waals surface area (Å²) in [5.41, 5.74) is 25.0. The number of hydrogen-bond donors (Lipinski definition) is 0. The quantitative estimate of drug-likeness (QED) is 0.121. The van der Waals surface area contributed by atoms with Gasteiger partial charge in [0.1, 0.15) is 0 Å². The predicted octanol–water partition coefficient (Wildman–Crippen LogP) is 19.1. The van der Waals surface area contributed by atoms with Gasteiger partial charge in [-0.3, -0.25) is 0 Å². The van der Waals surface area contributed by atoms with Crippen LogP contribution in [0.3, 0.4) is 0 Å². The second kappa shape index (κ2) is 17.5. The summed E-state index contributed by atoms with van der Waals surface area (Å²) in [5, 5.41) is 0. The van der Waals surface area contributed by atoms with Gasteiger partial charge in [0.05, 0.1) is 0 Å². The van der Waals surface area contributed by atoms with Gasteiger partial charge in [0, 0.05) is 0 Å². The minimum atomic E-state index is -5.12. The van der Waals surface area contributed by atoms with E-state index >= 15 is 0 Å². The van der Waals surface area contributed by atoms with E-state index in [1.54, 1.807) is 0 Å². The van der Waals surface area contributed by atoms with Crippen molar-refractivity contribution in [3.8, 4) is 66.8 Å². The Labute approximate surface area is 394 Å². The first kappa shape index (κ1) is 43.6. The second-order valence-electron chi connectivity index (χ2n) is 18.3. The minimum absolute atomic E-state index is 0.0318. The molecular formula is C62H55Cl2Zr. The van der Waals surface area contributed by atoms with Crippen molar-refractivity contribution in [1.29, 1.82) is 0 Å². The van der Waals surface area contributed by atoms with E-state index in [1.165, 1.54) is 111 Å². The number of aryl methyl sites for hydroxylation is 2. The monoisotopic (exact) mass is 959 g/mol. The molecule has 0 aliphatic heterocycles. The van der Waals surface area contributed by atoms with Crippen molar-refractivity contribution in [3.05, 3.63) is 227 Å². The fourth-order valence-electron chi connectivity index (χ4n) is 11.3. The van der Waals surface area contributed by atoms with Crippen LogP contribution in [0.1, 0.15) is 74.2 Å². The van der Waals surface area contributed by atoms with Crippen molar-refractivity contribution in [1.82, 2.24) is 0 Å². The van der Waals surface area contributed by atoms with Crippen molar-refractivity contribution in [3.63, 3.8) is 0 Å². The molecule has 2 aliphatic rings. The molecule has 8 aromatic carbocycles. The van der Waals surface area contributed by atoms with Crippen LogP contribution in [0.15, 0.2) is 193 Å². The third-order valence-electron chi connectivity index (χ3n) is 14.6. The molecule has 0 bridgehead atoms. The molecule has 65 heavy (non-hydrogen) atoms. The third-order valence-corrected chi connectivity index (χ3v) is 35.3. The van der Waals surface area contributed by atoms with Gasteiger partial charge in [-0.2, -0.15) is 0 Å². The third kappa shape index (κ3) is 7.69. The molecule has 0 fully saturated rings. The van der Waals surface area contributed by atoms with Crippen LogP contribution in [0, 0.1) is 13.8 Å². The predicted molar refractivity (Wildman–Crippen MR) is 279 cm³/mol. The van der Waals surface area contributed by atoms with Gasteiger partial charge in [-0.1, -0.05) is 0 Å². The van der Waals surface area contributed by atoms with E-state index in [4.69, 9.17) is 17.0 Å². The molecule has 0 saturated carbocycles. The van der Waals surface area contributed by atoms with E-state index in [0.717, 1.165) is 17.0 Å². The van der Waals surface area contributed by atoms with Crippen molar-refractivity contribution < 1.29 is 16.4 Å². The fraction of sp³-hybridized carbons (Fsp3) is 0.161. The zero-order valence-corrected chi connectivity index (χ0v) is 42.0. The number of allylic oxidation sites excluding steroid dienone is 2. The summed E-state index contributed by atoms with van der Waals surface area (Å²) in [6.45, 7) is 11.5. The van der Waals surface area contributed by atoms with Crippen molar-refractivity contribution in [2.45, 2.75) is 58.8 Å². The number of fused-ring (bicyclic) bond motifs is 2. The Bertz CT molecular complexity index is 2820. The molecule has 0 aromatic heterocycles. The fourth-order valence-corrected chi connectivity index (χ4v) is 29.9. The van der Waals surface area contributed by atoms with E-state index in [-0.39, 0.29) is 7.25 Å². The summed E-state index contributed by atoms with van der Waals surface area (Å²) >= 11 is -5.12. The average Bonchev–Trinajstić information content (AvgIpc) is 3.98. The Morgan fingerprint density at radius 3 is 0.938 bits per heavy atom. The average molecular weight is 962 g/mol. The van der Waals surface area contributed by atoms with Gasteiger partial charge < -0.3 is 0 Å². The van der Waals surface area contributed by atoms with Gasteiger partial charge in [-0.25, -0.2) is 0 Å². The summed E-state index contributed by atoms with van der Waals surface area (Å²) < 4.78 is 0.704. The first-order valence-electron chi connectivity index (χ1n) is 23.4. The number of hydrogen-bond acceptors (Lipinski definition) is 0. The van der Waals surface area contributed by atoms with E-state index in [9.17, 15) is 0 Å². The molecule has 3 heteroatoms. The summed E-state index contributed by atoms with van der Waals surface area (Å²) in [5.74, 6) is 0. The van der Waals surface area contributed by atoms with Gasteiger partial charge in [-0.05, 0) is 0 Å². The molecular weight excluding hydrogens is 907 g/mol. The van der Waals surface area contributed by atoms with E-state index < -0.39 is 16.4 Å². The summed E-state index contributed by atoms with van der Waals surface area (Å²) in [4.78, 5) is 0. The summed E-state index contributed by atoms with van der Waals surface area (Å²) in [6.07, 6.45) is 6.75. The number of halogens is 2. The normalized spacial score (nSPS) is 16.0. The van der Waals surface area contributed by atoms with E-state index in [2.05, 4.69) is 229 Å². The van der Waals surface area contributed by atoms with Crippen LogP contribution in [0.5, 0.6) is 0 Å². The van der Waals surface area contributed by atoms with Crippen molar-refractivity contribution in [2.24, 2.45) is 0 Å². The zero-order valence-electron chi connectivity index (χ0n) is 38.0. The molecule has 0 N–H and O–H groups in total. The molecule has 0 heterocycles. The van der Waals surface area contributed by atoms with Crippen LogP contribution < -0.4 is 0 Å². The maximum absolute atomic E-state index is 8.85. The Hall–Kier alpha value is -5.30. The van der Waals surface area contributed by atoms with Crippen molar-refractivity contribution in [2.75, 3.05) is 0 Å². The summed E-state index contributed by atoms with van der Waals surface area (Å²) in [6, 6.07) is 66.5. The Balaban J connectivity index is 1.15. The topological polar surface area (TPSA) is 0 Å². The Morgan fingerprint density at radius 2 is 0.662 bits per heavy atom. The van der Waals surface area contributed by atoms with Gasteiger partial charge in [-0.15, -0.1) is 0 Å². The standard InChI is InChI=1S/2C30H25.C2H5.2ClH.Zr/c2*1-3-22-16-29-21(2)14-15-28(30(29)17-22)27-19-25(23-10-6-4-7-11-23)18-26(20-27)24-12-8-5-9-13-24;1-2;;;/h2*4-20H,3H2,1-2H3;1H2,2H3;2*1H;/q;;;;;+2/p-2. The molecule has 0 nitrogen and oxygen atoms in total. The van der Waals surface area contributed by atoms with Crippen LogP contribution in [-0.2, 0) is 16.4 Å². The van der Waals surface area contributed by atoms with Crippen LogP contribution in [0.25, 0.3) is 78.9 Å². The maximum atomic E-state index is 8.85. The molecule has 0 saturated heterocycles. The van der Waals surface area contributed by atoms with E-state index in [0.29, 0.717) is 0 Å². The van der Waals surface area contributed by atoms with Gasteiger partial charge in [0.25, 0.3) is 0 Å². The number of rotatable bonds is 11. The first-order valence-corrected chi connectivity index (χ1v) is 34.3. The summed E-state index contributed by atoms with van der Waals surface area (Å²) in [7, 11) is 17.7. The molecule has 2 atom stereocenters. The zero-order chi connectivity index (χ0) is 44.9. The van der Waals surface area contributed by atoms with Gasteiger partial charge >= 0.3 is 398 Å². The first-order chi connectivity index (χ1) is 31.6. The van der Waals surface area contributed by atoms with Crippen molar-refractivity contribution >= 4 is 29.2 Å². The molecule has 321 valence electrons. The molecule has 2 aliphatic carbocycles. The Kier molecular flexibility index (Phi) is 11.7. The van der Waals surface area contributed by atoms with Gasteiger partial charge in [0.2, 0.25) is 0 Å². The molecule has 0 radical (unpaired) electrons. The molecule has 0 amide bonds. The van der Waals surface area contributed by atoms with Crippen LogP contribution in [0.2, 0.25) is 4.13 Å². The Morgan fingerprint density at radius 1 is 0.369 bits per heavy atom. The molecule has 0 spiro atoms. The molecule has 2 unspecified atom stereocenters.